The van der Waals surface area contributed by atoms with Gasteiger partial charge in [-0.05, 0) is 23.3 Å². The third-order valence-electron chi connectivity index (χ3n) is 5.03. The highest BCUT2D eigenvalue weighted by Gasteiger charge is 2.49. The van der Waals surface area contributed by atoms with Gasteiger partial charge in [0.1, 0.15) is 12.1 Å². The standard InChI is InChI=1S/C18H23N3O5/c1-9(22)20-12-8-13-11-7-16(26-4)15(25-3)6-10(11)5-14(17(23)19-2)21(13)18(12)24/h6-7,12-14H,5,8H2,1-4H3,(H,19,23)(H,20,22)/t12-,13-,14-/m0/s1. The molecule has 1 aromatic carbocycles. The van der Waals surface area contributed by atoms with Crippen molar-refractivity contribution in [1.29, 1.82) is 0 Å². The second kappa shape index (κ2) is 6.86. The van der Waals surface area contributed by atoms with E-state index in [1.165, 1.54) is 6.92 Å². The summed E-state index contributed by atoms with van der Waals surface area (Å²) in [7, 11) is 4.66. The number of fused-ring (bicyclic) bond motifs is 3. The Balaban J connectivity index is 2.08. The lowest BCUT2D eigenvalue weighted by molar-refractivity contribution is -0.141. The molecule has 3 atom stereocenters. The number of amides is 3. The molecule has 2 aliphatic rings. The molecule has 1 fully saturated rings. The van der Waals surface area contributed by atoms with Crippen molar-refractivity contribution in [2.75, 3.05) is 21.3 Å². The molecule has 8 nitrogen and oxygen atoms in total. The van der Waals surface area contributed by atoms with E-state index in [-0.39, 0.29) is 23.8 Å². The van der Waals surface area contributed by atoms with E-state index in [9.17, 15) is 14.4 Å². The van der Waals surface area contributed by atoms with Crippen molar-refractivity contribution in [2.24, 2.45) is 0 Å². The van der Waals surface area contributed by atoms with E-state index in [1.54, 1.807) is 26.2 Å². The van der Waals surface area contributed by atoms with E-state index in [1.807, 2.05) is 12.1 Å². The van der Waals surface area contributed by atoms with E-state index in [4.69, 9.17) is 9.47 Å². The summed E-state index contributed by atoms with van der Waals surface area (Å²) in [5.74, 6) is 0.414. The SMILES string of the molecule is CNC(=O)[C@@H]1Cc2cc(OC)c(OC)cc2[C@@H]2C[C@H](NC(C)=O)C(=O)N12. The minimum absolute atomic E-state index is 0.229. The van der Waals surface area contributed by atoms with E-state index < -0.39 is 12.1 Å². The van der Waals surface area contributed by atoms with E-state index in [0.29, 0.717) is 24.3 Å². The van der Waals surface area contributed by atoms with Crippen LogP contribution in [0, 0.1) is 0 Å². The van der Waals surface area contributed by atoms with E-state index in [2.05, 4.69) is 10.6 Å². The van der Waals surface area contributed by atoms with Crippen LogP contribution in [0.1, 0.15) is 30.5 Å². The van der Waals surface area contributed by atoms with Crippen LogP contribution in [0.15, 0.2) is 12.1 Å². The largest absolute Gasteiger partial charge is 0.493 e. The summed E-state index contributed by atoms with van der Waals surface area (Å²) < 4.78 is 10.8. The molecule has 2 heterocycles. The van der Waals surface area contributed by atoms with Crippen molar-refractivity contribution in [1.82, 2.24) is 15.5 Å². The van der Waals surface area contributed by atoms with Crippen LogP contribution >= 0.6 is 0 Å². The number of benzene rings is 1. The number of carbonyl (C=O) groups excluding carboxylic acids is 3. The van der Waals surface area contributed by atoms with Crippen LogP contribution in [0.4, 0.5) is 0 Å². The van der Waals surface area contributed by atoms with Gasteiger partial charge in [0.2, 0.25) is 17.7 Å². The minimum Gasteiger partial charge on any atom is -0.493 e. The van der Waals surface area contributed by atoms with Gasteiger partial charge in [0, 0.05) is 26.8 Å². The molecule has 0 aliphatic carbocycles. The van der Waals surface area contributed by atoms with E-state index in [0.717, 1.165) is 11.1 Å². The normalized spacial score (nSPS) is 23.8. The predicted octanol–water partition coefficient (Wildman–Crippen LogP) is 0.153. The van der Waals surface area contributed by atoms with Gasteiger partial charge in [-0.2, -0.15) is 0 Å². The van der Waals surface area contributed by atoms with Crippen molar-refractivity contribution < 1.29 is 23.9 Å². The van der Waals surface area contributed by atoms with Gasteiger partial charge in [0.05, 0.1) is 20.3 Å². The maximum atomic E-state index is 12.9. The first-order valence-corrected chi connectivity index (χ1v) is 8.46. The van der Waals surface area contributed by atoms with Gasteiger partial charge in [-0.25, -0.2) is 0 Å². The van der Waals surface area contributed by atoms with E-state index >= 15 is 0 Å². The topological polar surface area (TPSA) is 97.0 Å². The molecule has 0 bridgehead atoms. The molecule has 0 aromatic heterocycles. The van der Waals surface area contributed by atoms with Gasteiger partial charge in [-0.1, -0.05) is 0 Å². The van der Waals surface area contributed by atoms with Gasteiger partial charge in [0.25, 0.3) is 0 Å². The molecular weight excluding hydrogens is 338 g/mol. The molecule has 1 saturated heterocycles. The summed E-state index contributed by atoms with van der Waals surface area (Å²) in [6.07, 6.45) is 0.790. The van der Waals surface area contributed by atoms with Crippen LogP contribution in [0.25, 0.3) is 0 Å². The van der Waals surface area contributed by atoms with Crippen LogP contribution in [0.2, 0.25) is 0 Å². The zero-order valence-corrected chi connectivity index (χ0v) is 15.3. The Labute approximate surface area is 151 Å². The second-order valence-corrected chi connectivity index (χ2v) is 6.49. The highest BCUT2D eigenvalue weighted by Crippen LogP contribution is 2.45. The zero-order chi connectivity index (χ0) is 19.0. The van der Waals surface area contributed by atoms with Gasteiger partial charge in [-0.15, -0.1) is 0 Å². The molecule has 0 unspecified atom stereocenters. The Bertz CT molecular complexity index is 763. The van der Waals surface area contributed by atoms with Crippen LogP contribution < -0.4 is 20.1 Å². The van der Waals surface area contributed by atoms with Gasteiger partial charge in [0.15, 0.2) is 11.5 Å². The molecule has 0 spiro atoms. The number of nitrogens with zero attached hydrogens (tertiary/aromatic N) is 1. The maximum Gasteiger partial charge on any atom is 0.246 e. The molecule has 0 radical (unpaired) electrons. The summed E-state index contributed by atoms with van der Waals surface area (Å²) >= 11 is 0. The minimum atomic E-state index is -0.635. The Morgan fingerprint density at radius 3 is 2.42 bits per heavy atom. The predicted molar refractivity (Wildman–Crippen MR) is 92.9 cm³/mol. The fourth-order valence-corrected chi connectivity index (χ4v) is 3.90. The lowest BCUT2D eigenvalue weighted by atomic mass is 9.87. The van der Waals surface area contributed by atoms with Crippen LogP contribution in [-0.4, -0.2) is 56.0 Å². The number of hydrogen-bond acceptors (Lipinski definition) is 5. The summed E-state index contributed by atoms with van der Waals surface area (Å²) in [6.45, 7) is 1.38. The first-order valence-electron chi connectivity index (χ1n) is 8.46. The van der Waals surface area contributed by atoms with Crippen molar-refractivity contribution in [3.8, 4) is 11.5 Å². The first-order chi connectivity index (χ1) is 12.4. The summed E-state index contributed by atoms with van der Waals surface area (Å²) in [5.41, 5.74) is 1.86. The van der Waals surface area contributed by atoms with Gasteiger partial charge < -0.3 is 25.0 Å². The number of methoxy groups -OCH3 is 2. The Kier molecular flexibility index (Phi) is 4.76. The summed E-state index contributed by atoms with van der Waals surface area (Å²) in [6, 6.07) is 2.16. The number of hydrogen-bond donors (Lipinski definition) is 2. The van der Waals surface area contributed by atoms with Crippen molar-refractivity contribution in [3.63, 3.8) is 0 Å². The van der Waals surface area contributed by atoms with Crippen molar-refractivity contribution in [3.05, 3.63) is 23.3 Å². The van der Waals surface area contributed by atoms with Gasteiger partial charge in [-0.3, -0.25) is 14.4 Å². The third-order valence-corrected chi connectivity index (χ3v) is 5.03. The van der Waals surface area contributed by atoms with Crippen molar-refractivity contribution in [2.45, 2.75) is 37.9 Å². The fraction of sp³-hybridized carbons (Fsp3) is 0.500. The number of rotatable bonds is 4. The first kappa shape index (κ1) is 18.0. The highest BCUT2D eigenvalue weighted by molar-refractivity contribution is 5.94. The van der Waals surface area contributed by atoms with Gasteiger partial charge >= 0.3 is 0 Å². The Morgan fingerprint density at radius 2 is 1.85 bits per heavy atom. The molecule has 3 rings (SSSR count). The molecule has 26 heavy (non-hydrogen) atoms. The summed E-state index contributed by atoms with van der Waals surface area (Å²) in [4.78, 5) is 38.3. The molecule has 0 saturated carbocycles. The Hall–Kier alpha value is -2.77. The Morgan fingerprint density at radius 1 is 1.19 bits per heavy atom. The number of likely N-dealkylation sites (N-methyl/N-ethyl adjacent to an activating group) is 1. The third kappa shape index (κ3) is 2.85. The van der Waals surface area contributed by atoms with Crippen LogP contribution in [-0.2, 0) is 20.8 Å². The lowest BCUT2D eigenvalue weighted by Crippen LogP contribution is -2.53. The molecule has 2 aliphatic heterocycles. The molecule has 3 amide bonds. The number of nitrogens with one attached hydrogen (secondary N) is 2. The van der Waals surface area contributed by atoms with Crippen molar-refractivity contribution >= 4 is 17.7 Å². The number of ether oxygens (including phenoxy) is 2. The fourth-order valence-electron chi connectivity index (χ4n) is 3.90. The zero-order valence-electron chi connectivity index (χ0n) is 15.3. The molecule has 8 heteroatoms. The van der Waals surface area contributed by atoms with Crippen LogP contribution in [0.5, 0.6) is 11.5 Å². The quantitative estimate of drug-likeness (QED) is 0.796. The van der Waals surface area contributed by atoms with Crippen LogP contribution in [0.3, 0.4) is 0 Å². The average Bonchev–Trinajstić information content (AvgIpc) is 2.95. The molecule has 2 N–H and O–H groups in total. The second-order valence-electron chi connectivity index (χ2n) is 6.49. The monoisotopic (exact) mass is 361 g/mol. The lowest BCUT2D eigenvalue weighted by Gasteiger charge is -2.38. The highest BCUT2D eigenvalue weighted by atomic mass is 16.5. The average molecular weight is 361 g/mol. The molecular formula is C18H23N3O5. The molecule has 140 valence electrons. The number of carbonyl (C=O) groups is 3. The maximum absolute atomic E-state index is 12.9. The summed E-state index contributed by atoms with van der Waals surface area (Å²) in [5, 5.41) is 5.32. The molecule has 1 aromatic rings. The smallest absolute Gasteiger partial charge is 0.246 e.